The van der Waals surface area contributed by atoms with Gasteiger partial charge in [0.15, 0.2) is 0 Å². The van der Waals surface area contributed by atoms with Gasteiger partial charge in [-0.2, -0.15) is 11.8 Å². The molecule has 0 aliphatic carbocycles. The highest BCUT2D eigenvalue weighted by molar-refractivity contribution is 7.98. The number of rotatable bonds is 3. The first-order chi connectivity index (χ1) is 6.65. The van der Waals surface area contributed by atoms with Crippen molar-refractivity contribution in [1.82, 2.24) is 4.90 Å². The molecule has 0 spiro atoms. The van der Waals surface area contributed by atoms with Crippen molar-refractivity contribution in [2.75, 3.05) is 25.2 Å². The van der Waals surface area contributed by atoms with Crippen molar-refractivity contribution in [1.29, 1.82) is 0 Å². The average molecular weight is 217 g/mol. The Morgan fingerprint density at radius 3 is 2.93 bits per heavy atom. The molecular formula is C10H19NO2S. The normalized spacial score (nSPS) is 27.8. The number of thioether (sulfide) groups is 1. The van der Waals surface area contributed by atoms with Crippen LogP contribution in [0.15, 0.2) is 0 Å². The summed E-state index contributed by atoms with van der Waals surface area (Å²) in [4.78, 5) is 13.7. The fourth-order valence-electron chi connectivity index (χ4n) is 1.58. The molecule has 14 heavy (non-hydrogen) atoms. The van der Waals surface area contributed by atoms with Crippen LogP contribution < -0.4 is 0 Å². The molecule has 82 valence electrons. The van der Waals surface area contributed by atoms with Crippen molar-refractivity contribution in [3.05, 3.63) is 0 Å². The highest BCUT2D eigenvalue weighted by Gasteiger charge is 2.26. The number of morpholine rings is 1. The van der Waals surface area contributed by atoms with Gasteiger partial charge in [0.2, 0.25) is 5.91 Å². The van der Waals surface area contributed by atoms with Gasteiger partial charge < -0.3 is 9.64 Å². The first kappa shape index (κ1) is 11.9. The Kier molecular flexibility index (Phi) is 4.75. The minimum Gasteiger partial charge on any atom is -0.375 e. The summed E-state index contributed by atoms with van der Waals surface area (Å²) >= 11 is 1.72. The molecule has 0 aromatic heterocycles. The minimum absolute atomic E-state index is 0.185. The number of carbonyl (C=O) groups is 1. The summed E-state index contributed by atoms with van der Waals surface area (Å²) in [5.41, 5.74) is 0. The lowest BCUT2D eigenvalue weighted by atomic mass is 10.2. The average Bonchev–Trinajstić information content (AvgIpc) is 2.18. The third-order valence-electron chi connectivity index (χ3n) is 2.45. The van der Waals surface area contributed by atoms with Crippen LogP contribution in [0, 0.1) is 0 Å². The van der Waals surface area contributed by atoms with Crippen LogP contribution in [0.3, 0.4) is 0 Å². The number of hydrogen-bond donors (Lipinski definition) is 0. The van der Waals surface area contributed by atoms with Gasteiger partial charge in [-0.1, -0.05) is 0 Å². The van der Waals surface area contributed by atoms with Crippen molar-refractivity contribution in [3.63, 3.8) is 0 Å². The van der Waals surface area contributed by atoms with E-state index < -0.39 is 0 Å². The van der Waals surface area contributed by atoms with Crippen LogP contribution >= 0.6 is 11.8 Å². The molecule has 0 radical (unpaired) electrons. The zero-order chi connectivity index (χ0) is 10.6. The molecule has 3 nitrogen and oxygen atoms in total. The van der Waals surface area contributed by atoms with Crippen molar-refractivity contribution in [2.45, 2.75) is 32.4 Å². The fraction of sp³-hybridized carbons (Fsp3) is 0.900. The predicted molar refractivity (Wildman–Crippen MR) is 59.6 cm³/mol. The number of nitrogens with zero attached hydrogens (tertiary/aromatic N) is 1. The van der Waals surface area contributed by atoms with E-state index in [1.54, 1.807) is 11.8 Å². The predicted octanol–water partition coefficient (Wildman–Crippen LogP) is 1.38. The Balaban J connectivity index is 2.43. The Morgan fingerprint density at radius 2 is 2.29 bits per heavy atom. The monoisotopic (exact) mass is 217 g/mol. The van der Waals surface area contributed by atoms with Crippen molar-refractivity contribution >= 4 is 17.7 Å². The quantitative estimate of drug-likeness (QED) is 0.715. The molecule has 1 amide bonds. The summed E-state index contributed by atoms with van der Waals surface area (Å²) < 4.78 is 5.48. The van der Waals surface area contributed by atoms with Crippen LogP contribution in [0.2, 0.25) is 0 Å². The Hall–Kier alpha value is -0.220. The summed E-state index contributed by atoms with van der Waals surface area (Å²) in [6.45, 7) is 5.48. The number of carbonyl (C=O) groups excluding carboxylic acids is 1. The lowest BCUT2D eigenvalue weighted by molar-refractivity contribution is -0.142. The molecule has 0 bridgehead atoms. The highest BCUT2D eigenvalue weighted by Crippen LogP contribution is 2.13. The van der Waals surface area contributed by atoms with Gasteiger partial charge >= 0.3 is 0 Å². The number of ether oxygens (including phenoxy) is 1. The molecule has 2 atom stereocenters. The summed E-state index contributed by atoms with van der Waals surface area (Å²) in [5.74, 6) is 1.18. The van der Waals surface area contributed by atoms with Gasteiger partial charge in [0.1, 0.15) is 0 Å². The highest BCUT2D eigenvalue weighted by atomic mass is 32.2. The van der Waals surface area contributed by atoms with Gasteiger partial charge in [-0.3, -0.25) is 4.79 Å². The maximum atomic E-state index is 11.8. The van der Waals surface area contributed by atoms with E-state index >= 15 is 0 Å². The van der Waals surface area contributed by atoms with Gasteiger partial charge in [0.05, 0.1) is 18.8 Å². The largest absolute Gasteiger partial charge is 0.375 e. The van der Waals surface area contributed by atoms with E-state index in [4.69, 9.17) is 4.74 Å². The third kappa shape index (κ3) is 3.17. The number of hydrogen-bond acceptors (Lipinski definition) is 3. The lowest BCUT2D eigenvalue weighted by Crippen LogP contribution is -2.50. The third-order valence-corrected chi connectivity index (χ3v) is 3.06. The smallest absolute Gasteiger partial charge is 0.223 e. The topological polar surface area (TPSA) is 29.5 Å². The maximum Gasteiger partial charge on any atom is 0.223 e. The van der Waals surface area contributed by atoms with E-state index in [1.807, 2.05) is 25.0 Å². The molecule has 0 saturated carbocycles. The van der Waals surface area contributed by atoms with Gasteiger partial charge in [-0.15, -0.1) is 0 Å². The Labute approximate surface area is 90.2 Å². The standard InChI is InChI=1S/C10H19NO2S/c1-8-7-13-9(2)6-11(8)10(12)4-5-14-3/h8-9H,4-7H2,1-3H3/t8-,9+/m0/s1. The second-order valence-corrected chi connectivity index (χ2v) is 4.77. The van der Waals surface area contributed by atoms with Crippen LogP contribution in [0.5, 0.6) is 0 Å². The van der Waals surface area contributed by atoms with E-state index in [-0.39, 0.29) is 18.1 Å². The molecule has 1 fully saturated rings. The van der Waals surface area contributed by atoms with Crippen molar-refractivity contribution in [2.24, 2.45) is 0 Å². The van der Waals surface area contributed by atoms with Crippen LogP contribution in [-0.4, -0.2) is 48.1 Å². The van der Waals surface area contributed by atoms with E-state index in [0.717, 1.165) is 12.3 Å². The first-order valence-electron chi connectivity index (χ1n) is 5.05. The van der Waals surface area contributed by atoms with Crippen molar-refractivity contribution in [3.8, 4) is 0 Å². The Bertz CT molecular complexity index is 199. The molecule has 0 aromatic carbocycles. The lowest BCUT2D eigenvalue weighted by Gasteiger charge is -2.36. The summed E-state index contributed by atoms with van der Waals surface area (Å²) in [6.07, 6.45) is 2.86. The van der Waals surface area contributed by atoms with Crippen molar-refractivity contribution < 1.29 is 9.53 Å². The minimum atomic E-state index is 0.185. The fourth-order valence-corrected chi connectivity index (χ4v) is 1.96. The van der Waals surface area contributed by atoms with E-state index in [9.17, 15) is 4.79 Å². The molecule has 0 unspecified atom stereocenters. The van der Waals surface area contributed by atoms with Gasteiger partial charge in [-0.25, -0.2) is 0 Å². The zero-order valence-corrected chi connectivity index (χ0v) is 9.97. The van der Waals surface area contributed by atoms with Gasteiger partial charge in [0, 0.05) is 18.7 Å². The second-order valence-electron chi connectivity index (χ2n) is 3.78. The Morgan fingerprint density at radius 1 is 1.57 bits per heavy atom. The summed E-state index contributed by atoms with van der Waals surface area (Å²) in [6, 6.07) is 0.237. The van der Waals surface area contributed by atoms with Crippen LogP contribution in [-0.2, 0) is 9.53 Å². The van der Waals surface area contributed by atoms with Gasteiger partial charge in [-0.05, 0) is 20.1 Å². The first-order valence-corrected chi connectivity index (χ1v) is 6.44. The van der Waals surface area contributed by atoms with Crippen LogP contribution in [0.4, 0.5) is 0 Å². The molecule has 1 saturated heterocycles. The SMILES string of the molecule is CSCCC(=O)N1C[C@@H](C)OC[C@@H]1C. The zero-order valence-electron chi connectivity index (χ0n) is 9.16. The number of amides is 1. The molecule has 4 heteroatoms. The molecule has 1 aliphatic heterocycles. The molecule has 1 heterocycles. The molecule has 0 aromatic rings. The van der Waals surface area contributed by atoms with E-state index in [2.05, 4.69) is 0 Å². The maximum absolute atomic E-state index is 11.8. The summed E-state index contributed by atoms with van der Waals surface area (Å²) in [7, 11) is 0. The van der Waals surface area contributed by atoms with E-state index in [0.29, 0.717) is 13.0 Å². The van der Waals surface area contributed by atoms with Crippen LogP contribution in [0.25, 0.3) is 0 Å². The molecule has 1 rings (SSSR count). The van der Waals surface area contributed by atoms with E-state index in [1.165, 1.54) is 0 Å². The summed E-state index contributed by atoms with van der Waals surface area (Å²) in [5, 5.41) is 0. The molecule has 0 N–H and O–H groups in total. The molecular weight excluding hydrogens is 198 g/mol. The molecule has 1 aliphatic rings. The second kappa shape index (κ2) is 5.61. The van der Waals surface area contributed by atoms with Crippen LogP contribution in [0.1, 0.15) is 20.3 Å². The van der Waals surface area contributed by atoms with Gasteiger partial charge in [0.25, 0.3) is 0 Å².